The van der Waals surface area contributed by atoms with Crippen LogP contribution in [0.1, 0.15) is 24.9 Å². The molecule has 1 N–H and O–H groups in total. The maximum absolute atomic E-state index is 12.4. The van der Waals surface area contributed by atoms with Gasteiger partial charge < -0.3 is 10.1 Å². The van der Waals surface area contributed by atoms with Gasteiger partial charge in [-0.3, -0.25) is 0 Å². The fourth-order valence-electron chi connectivity index (χ4n) is 2.66. The Hall–Kier alpha value is -2.35. The Labute approximate surface area is 138 Å². The molecule has 1 unspecified atom stereocenters. The molecule has 1 aliphatic heterocycles. The first-order chi connectivity index (χ1) is 11.2. The summed E-state index contributed by atoms with van der Waals surface area (Å²) >= 11 is 1.66. The molecule has 2 aromatic rings. The van der Waals surface area contributed by atoms with Crippen molar-refractivity contribution in [1.29, 1.82) is 0 Å². The van der Waals surface area contributed by atoms with Gasteiger partial charge >= 0.3 is 5.97 Å². The highest BCUT2D eigenvalue weighted by Crippen LogP contribution is 2.36. The van der Waals surface area contributed by atoms with Gasteiger partial charge in [0.15, 0.2) is 0 Å². The Morgan fingerprint density at radius 2 is 2.13 bits per heavy atom. The second-order valence-electron chi connectivity index (χ2n) is 4.99. The molecule has 0 saturated heterocycles. The van der Waals surface area contributed by atoms with E-state index in [1.807, 2.05) is 37.4 Å². The van der Waals surface area contributed by atoms with Gasteiger partial charge in [0.05, 0.1) is 12.7 Å². The number of hydrogen-bond donors (Lipinski definition) is 1. The predicted octanol–water partition coefficient (Wildman–Crippen LogP) is 2.25. The number of tetrazole rings is 1. The number of allylic oxidation sites excluding steroid dienone is 1. The third-order valence-electron chi connectivity index (χ3n) is 3.79. The summed E-state index contributed by atoms with van der Waals surface area (Å²) in [6, 6.07) is 7.62. The Kier molecular flexibility index (Phi) is 4.33. The van der Waals surface area contributed by atoms with Crippen molar-refractivity contribution in [3.05, 3.63) is 41.1 Å². The monoisotopic (exact) mass is 331 g/mol. The van der Waals surface area contributed by atoms with Crippen LogP contribution >= 0.6 is 11.8 Å². The van der Waals surface area contributed by atoms with Crippen LogP contribution in [0.25, 0.3) is 0 Å². The zero-order valence-corrected chi connectivity index (χ0v) is 13.9. The number of hydrogen-bond acceptors (Lipinski definition) is 7. The van der Waals surface area contributed by atoms with Crippen LogP contribution in [0, 0.1) is 0 Å². The summed E-state index contributed by atoms with van der Waals surface area (Å²) in [5.74, 6) is 0.142. The van der Waals surface area contributed by atoms with E-state index in [9.17, 15) is 4.79 Å². The molecule has 8 heteroatoms. The standard InChI is InChI=1S/C15H17N5O2S/c1-4-11-12(14(21)22-2)13(20-15(16-11)17-18-19-20)9-5-7-10(23-3)8-6-9/h5-8,13H,4H2,1-3H3,(H,16,17,19). The topological polar surface area (TPSA) is 81.9 Å². The SMILES string of the molecule is CCC1=C(C(=O)OC)C(c2ccc(SC)cc2)n2nnnc2N1. The molecule has 120 valence electrons. The van der Waals surface area contributed by atoms with Crippen molar-refractivity contribution in [1.82, 2.24) is 20.2 Å². The number of esters is 1. The van der Waals surface area contributed by atoms with E-state index >= 15 is 0 Å². The lowest BCUT2D eigenvalue weighted by Gasteiger charge is -2.28. The molecule has 23 heavy (non-hydrogen) atoms. The van der Waals surface area contributed by atoms with Crippen LogP contribution in [-0.2, 0) is 9.53 Å². The Bertz CT molecular complexity index is 753. The van der Waals surface area contributed by atoms with Crippen LogP contribution in [0.3, 0.4) is 0 Å². The van der Waals surface area contributed by atoms with Gasteiger partial charge in [-0.2, -0.15) is 4.68 Å². The van der Waals surface area contributed by atoms with Gasteiger partial charge in [-0.15, -0.1) is 11.8 Å². The maximum atomic E-state index is 12.4. The third kappa shape index (κ3) is 2.70. The molecule has 0 bridgehead atoms. The highest BCUT2D eigenvalue weighted by atomic mass is 32.2. The first-order valence-corrected chi connectivity index (χ1v) is 8.42. The van der Waals surface area contributed by atoms with E-state index in [0.717, 1.165) is 16.2 Å². The number of fused-ring (bicyclic) bond motifs is 1. The number of methoxy groups -OCH3 is 1. The molecular formula is C15H17N5O2S. The summed E-state index contributed by atoms with van der Waals surface area (Å²) in [5.41, 5.74) is 2.24. The highest BCUT2D eigenvalue weighted by Gasteiger charge is 2.35. The van der Waals surface area contributed by atoms with Crippen LogP contribution < -0.4 is 5.32 Å². The first kappa shape index (κ1) is 15.5. The van der Waals surface area contributed by atoms with E-state index in [0.29, 0.717) is 17.9 Å². The highest BCUT2D eigenvalue weighted by molar-refractivity contribution is 7.98. The number of ether oxygens (including phenoxy) is 1. The molecular weight excluding hydrogens is 314 g/mol. The van der Waals surface area contributed by atoms with E-state index in [1.54, 1.807) is 16.4 Å². The molecule has 0 aliphatic carbocycles. The molecule has 7 nitrogen and oxygen atoms in total. The number of benzene rings is 1. The van der Waals surface area contributed by atoms with Crippen LogP contribution in [0.5, 0.6) is 0 Å². The number of nitrogens with zero attached hydrogens (tertiary/aromatic N) is 4. The molecule has 0 fully saturated rings. The summed E-state index contributed by atoms with van der Waals surface area (Å²) in [5, 5.41) is 14.9. The quantitative estimate of drug-likeness (QED) is 0.679. The molecule has 2 heterocycles. The summed E-state index contributed by atoms with van der Waals surface area (Å²) in [7, 11) is 1.38. The lowest BCUT2D eigenvalue weighted by atomic mass is 9.95. The Morgan fingerprint density at radius 1 is 1.39 bits per heavy atom. The van der Waals surface area contributed by atoms with E-state index in [1.165, 1.54) is 7.11 Å². The molecule has 0 spiro atoms. The fourth-order valence-corrected chi connectivity index (χ4v) is 3.07. The summed E-state index contributed by atoms with van der Waals surface area (Å²) in [6.07, 6.45) is 2.67. The van der Waals surface area contributed by atoms with Crippen molar-refractivity contribution in [2.45, 2.75) is 24.3 Å². The molecule has 0 saturated carbocycles. The van der Waals surface area contributed by atoms with Crippen LogP contribution in [-0.4, -0.2) is 39.5 Å². The Morgan fingerprint density at radius 3 is 2.74 bits per heavy atom. The minimum absolute atomic E-state index is 0.380. The largest absolute Gasteiger partial charge is 0.466 e. The van der Waals surface area contributed by atoms with Crippen molar-refractivity contribution in [3.8, 4) is 0 Å². The Balaban J connectivity index is 2.15. The summed E-state index contributed by atoms with van der Waals surface area (Å²) in [6.45, 7) is 1.97. The third-order valence-corrected chi connectivity index (χ3v) is 4.53. The smallest absolute Gasteiger partial charge is 0.338 e. The van der Waals surface area contributed by atoms with Gasteiger partial charge in [-0.25, -0.2) is 4.79 Å². The number of carbonyl (C=O) groups excluding carboxylic acids is 1. The second kappa shape index (κ2) is 6.41. The summed E-state index contributed by atoms with van der Waals surface area (Å²) in [4.78, 5) is 13.5. The number of aromatic nitrogens is 4. The van der Waals surface area contributed by atoms with Crippen molar-refractivity contribution in [2.24, 2.45) is 0 Å². The minimum Gasteiger partial charge on any atom is -0.466 e. The molecule has 3 rings (SSSR count). The van der Waals surface area contributed by atoms with Gasteiger partial charge in [0.2, 0.25) is 5.95 Å². The first-order valence-electron chi connectivity index (χ1n) is 7.19. The molecule has 0 amide bonds. The average molecular weight is 331 g/mol. The fraction of sp³-hybridized carbons (Fsp3) is 0.333. The maximum Gasteiger partial charge on any atom is 0.338 e. The van der Waals surface area contributed by atoms with Crippen LogP contribution in [0.2, 0.25) is 0 Å². The van der Waals surface area contributed by atoms with E-state index in [-0.39, 0.29) is 5.97 Å². The van der Waals surface area contributed by atoms with Crippen LogP contribution in [0.15, 0.2) is 40.4 Å². The lowest BCUT2D eigenvalue weighted by molar-refractivity contribution is -0.136. The van der Waals surface area contributed by atoms with Gasteiger partial charge in [-0.05, 0) is 40.8 Å². The van der Waals surface area contributed by atoms with Gasteiger partial charge in [0.25, 0.3) is 0 Å². The molecule has 1 atom stereocenters. The minimum atomic E-state index is -0.403. The number of rotatable bonds is 4. The molecule has 1 aromatic carbocycles. The molecule has 0 radical (unpaired) electrons. The van der Waals surface area contributed by atoms with E-state index in [4.69, 9.17) is 4.74 Å². The number of carbonyl (C=O) groups is 1. The van der Waals surface area contributed by atoms with Gasteiger partial charge in [-0.1, -0.05) is 24.2 Å². The van der Waals surface area contributed by atoms with Crippen LogP contribution in [0.4, 0.5) is 5.95 Å². The lowest BCUT2D eigenvalue weighted by Crippen LogP contribution is -2.30. The predicted molar refractivity (Wildman–Crippen MR) is 87.1 cm³/mol. The van der Waals surface area contributed by atoms with Crippen molar-refractivity contribution >= 4 is 23.7 Å². The number of nitrogens with one attached hydrogen (secondary N) is 1. The number of thioether (sulfide) groups is 1. The second-order valence-corrected chi connectivity index (χ2v) is 5.86. The zero-order valence-electron chi connectivity index (χ0n) is 13.1. The van der Waals surface area contributed by atoms with Crippen molar-refractivity contribution < 1.29 is 9.53 Å². The van der Waals surface area contributed by atoms with Crippen molar-refractivity contribution in [3.63, 3.8) is 0 Å². The van der Waals surface area contributed by atoms with E-state index < -0.39 is 6.04 Å². The van der Waals surface area contributed by atoms with E-state index in [2.05, 4.69) is 20.8 Å². The van der Waals surface area contributed by atoms with Crippen molar-refractivity contribution in [2.75, 3.05) is 18.7 Å². The van der Waals surface area contributed by atoms with Gasteiger partial charge in [0, 0.05) is 10.6 Å². The zero-order chi connectivity index (χ0) is 16.4. The summed E-state index contributed by atoms with van der Waals surface area (Å²) < 4.78 is 6.60. The number of anilines is 1. The molecule has 1 aromatic heterocycles. The average Bonchev–Trinajstić information content (AvgIpc) is 3.07. The molecule has 1 aliphatic rings. The van der Waals surface area contributed by atoms with Gasteiger partial charge in [0.1, 0.15) is 6.04 Å². The normalized spacial score (nSPS) is 16.7.